The van der Waals surface area contributed by atoms with E-state index in [0.717, 1.165) is 0 Å². The molecule has 0 bridgehead atoms. The fourth-order valence-corrected chi connectivity index (χ4v) is 0.743. The zero-order chi connectivity index (χ0) is 9.94. The summed E-state index contributed by atoms with van der Waals surface area (Å²) < 4.78 is 5.07. The predicted molar refractivity (Wildman–Crippen MR) is 48.2 cm³/mol. The summed E-state index contributed by atoms with van der Waals surface area (Å²) in [7, 11) is 0. The van der Waals surface area contributed by atoms with E-state index in [4.69, 9.17) is 4.74 Å². The Bertz CT molecular complexity index is 150. The van der Waals surface area contributed by atoms with Crippen molar-refractivity contribution in [2.45, 2.75) is 13.3 Å². The molecule has 2 N–H and O–H groups in total. The van der Waals surface area contributed by atoms with Gasteiger partial charge in [-0.25, -0.2) is 0 Å². The van der Waals surface area contributed by atoms with Crippen LogP contribution in [0.1, 0.15) is 13.3 Å². The van der Waals surface area contributed by atoms with Gasteiger partial charge >= 0.3 is 0 Å². The summed E-state index contributed by atoms with van der Waals surface area (Å²) in [6.07, 6.45) is 0.988. The molecule has 0 fully saturated rings. The minimum absolute atomic E-state index is 0.00848. The van der Waals surface area contributed by atoms with Crippen molar-refractivity contribution in [3.8, 4) is 0 Å². The van der Waals surface area contributed by atoms with E-state index in [9.17, 15) is 9.59 Å². The van der Waals surface area contributed by atoms with Crippen molar-refractivity contribution >= 4 is 12.3 Å². The van der Waals surface area contributed by atoms with Crippen molar-refractivity contribution in [3.63, 3.8) is 0 Å². The number of carbonyl (C=O) groups is 2. The third kappa shape index (κ3) is 8.81. The molecule has 0 aliphatic carbocycles. The van der Waals surface area contributed by atoms with Gasteiger partial charge in [-0.15, -0.1) is 0 Å². The van der Waals surface area contributed by atoms with Crippen LogP contribution < -0.4 is 10.6 Å². The number of hydrogen-bond donors (Lipinski definition) is 2. The van der Waals surface area contributed by atoms with Crippen LogP contribution in [0.2, 0.25) is 0 Å². The van der Waals surface area contributed by atoms with Crippen LogP contribution in [-0.4, -0.2) is 38.6 Å². The fraction of sp³-hybridized carbons (Fsp3) is 0.750. The zero-order valence-electron chi connectivity index (χ0n) is 7.84. The standard InChI is InChI=1S/C8H16N2O3/c1-2-10-8(12)3-5-13-6-4-9-7-11/h7H,2-6H2,1H3,(H,9,11)(H,10,12). The highest BCUT2D eigenvalue weighted by atomic mass is 16.5. The van der Waals surface area contributed by atoms with Crippen molar-refractivity contribution in [2.24, 2.45) is 0 Å². The molecule has 13 heavy (non-hydrogen) atoms. The Balaban J connectivity index is 3.06. The van der Waals surface area contributed by atoms with E-state index >= 15 is 0 Å². The number of ether oxygens (including phenoxy) is 1. The van der Waals surface area contributed by atoms with Crippen molar-refractivity contribution < 1.29 is 14.3 Å². The quantitative estimate of drug-likeness (QED) is 0.390. The summed E-state index contributed by atoms with van der Waals surface area (Å²) in [5.41, 5.74) is 0. The molecule has 0 aromatic rings. The Hall–Kier alpha value is -1.10. The minimum atomic E-state index is -0.00848. The maximum atomic E-state index is 10.9. The van der Waals surface area contributed by atoms with Gasteiger partial charge in [-0.3, -0.25) is 9.59 Å². The Morgan fingerprint density at radius 2 is 2.23 bits per heavy atom. The molecular weight excluding hydrogens is 172 g/mol. The Morgan fingerprint density at radius 1 is 1.46 bits per heavy atom. The Morgan fingerprint density at radius 3 is 2.85 bits per heavy atom. The normalized spacial score (nSPS) is 9.31. The first-order valence-corrected chi connectivity index (χ1v) is 4.32. The smallest absolute Gasteiger partial charge is 0.222 e. The van der Waals surface area contributed by atoms with Crippen molar-refractivity contribution in [1.29, 1.82) is 0 Å². The van der Waals surface area contributed by atoms with Gasteiger partial charge in [-0.05, 0) is 6.92 Å². The van der Waals surface area contributed by atoms with E-state index < -0.39 is 0 Å². The van der Waals surface area contributed by atoms with Crippen LogP contribution in [0.25, 0.3) is 0 Å². The molecule has 0 aromatic carbocycles. The van der Waals surface area contributed by atoms with Crippen LogP contribution in [0.3, 0.4) is 0 Å². The largest absolute Gasteiger partial charge is 0.379 e. The molecule has 0 aliphatic rings. The second-order valence-corrected chi connectivity index (χ2v) is 2.39. The maximum absolute atomic E-state index is 10.9. The molecule has 5 heteroatoms. The lowest BCUT2D eigenvalue weighted by Gasteiger charge is -2.03. The van der Waals surface area contributed by atoms with Gasteiger partial charge in [0.2, 0.25) is 12.3 Å². The lowest BCUT2D eigenvalue weighted by Crippen LogP contribution is -2.24. The highest BCUT2D eigenvalue weighted by molar-refractivity contribution is 5.75. The van der Waals surface area contributed by atoms with Crippen molar-refractivity contribution in [2.75, 3.05) is 26.3 Å². The molecule has 0 atom stereocenters. The van der Waals surface area contributed by atoms with Gasteiger partial charge in [0.25, 0.3) is 0 Å². The third-order valence-corrected chi connectivity index (χ3v) is 1.32. The van der Waals surface area contributed by atoms with E-state index in [-0.39, 0.29) is 5.91 Å². The summed E-state index contributed by atoms with van der Waals surface area (Å²) in [5, 5.41) is 5.11. The first-order valence-electron chi connectivity index (χ1n) is 4.32. The van der Waals surface area contributed by atoms with Gasteiger partial charge in [0.15, 0.2) is 0 Å². The number of carbonyl (C=O) groups excluding carboxylic acids is 2. The second kappa shape index (κ2) is 8.99. The van der Waals surface area contributed by atoms with Crippen LogP contribution >= 0.6 is 0 Å². The summed E-state index contributed by atoms with van der Waals surface area (Å²) in [5.74, 6) is -0.00848. The van der Waals surface area contributed by atoms with Crippen LogP contribution in [0.15, 0.2) is 0 Å². The molecule has 5 nitrogen and oxygen atoms in total. The van der Waals surface area contributed by atoms with Gasteiger partial charge in [-0.2, -0.15) is 0 Å². The molecule has 2 amide bonds. The monoisotopic (exact) mass is 188 g/mol. The molecule has 0 spiro atoms. The van der Waals surface area contributed by atoms with Crippen molar-refractivity contribution in [3.05, 3.63) is 0 Å². The lowest BCUT2D eigenvalue weighted by molar-refractivity contribution is -0.122. The molecular formula is C8H16N2O3. The van der Waals surface area contributed by atoms with E-state index in [1.165, 1.54) is 0 Å². The summed E-state index contributed by atoms with van der Waals surface area (Å²) in [6, 6.07) is 0. The van der Waals surface area contributed by atoms with Crippen LogP contribution in [0.4, 0.5) is 0 Å². The van der Waals surface area contributed by atoms with Gasteiger partial charge in [-0.1, -0.05) is 0 Å². The SMILES string of the molecule is CCNC(=O)CCOCCNC=O. The maximum Gasteiger partial charge on any atom is 0.222 e. The van der Waals surface area contributed by atoms with E-state index in [1.54, 1.807) is 0 Å². The molecule has 0 aliphatic heterocycles. The number of amides is 2. The van der Waals surface area contributed by atoms with E-state index in [2.05, 4.69) is 10.6 Å². The average Bonchev–Trinajstić information content (AvgIpc) is 2.11. The first-order chi connectivity index (χ1) is 6.31. The van der Waals surface area contributed by atoms with E-state index in [1.807, 2.05) is 6.92 Å². The zero-order valence-corrected chi connectivity index (χ0v) is 7.84. The highest BCUT2D eigenvalue weighted by Crippen LogP contribution is 1.82. The van der Waals surface area contributed by atoms with Crippen LogP contribution in [-0.2, 0) is 14.3 Å². The highest BCUT2D eigenvalue weighted by Gasteiger charge is 1.97. The second-order valence-electron chi connectivity index (χ2n) is 2.39. The summed E-state index contributed by atoms with van der Waals surface area (Å²) in [6.45, 7) is 3.84. The van der Waals surface area contributed by atoms with Crippen LogP contribution in [0.5, 0.6) is 0 Å². The molecule has 0 saturated heterocycles. The van der Waals surface area contributed by atoms with Gasteiger partial charge < -0.3 is 15.4 Å². The third-order valence-electron chi connectivity index (χ3n) is 1.32. The van der Waals surface area contributed by atoms with E-state index in [0.29, 0.717) is 39.1 Å². The number of rotatable bonds is 8. The fourth-order valence-electron chi connectivity index (χ4n) is 0.743. The van der Waals surface area contributed by atoms with Gasteiger partial charge in [0.1, 0.15) is 0 Å². The average molecular weight is 188 g/mol. The summed E-state index contributed by atoms with van der Waals surface area (Å²) >= 11 is 0. The summed E-state index contributed by atoms with van der Waals surface area (Å²) in [4.78, 5) is 20.7. The molecule has 0 radical (unpaired) electrons. The molecule has 0 unspecified atom stereocenters. The Kier molecular flexibility index (Phi) is 8.23. The van der Waals surface area contributed by atoms with Gasteiger partial charge in [0, 0.05) is 19.5 Å². The number of nitrogens with one attached hydrogen (secondary N) is 2. The molecule has 0 saturated carbocycles. The van der Waals surface area contributed by atoms with Crippen LogP contribution in [0, 0.1) is 0 Å². The number of hydrogen-bond acceptors (Lipinski definition) is 3. The molecule has 0 rings (SSSR count). The minimum Gasteiger partial charge on any atom is -0.379 e. The first kappa shape index (κ1) is 11.9. The molecule has 76 valence electrons. The molecule has 0 aromatic heterocycles. The predicted octanol–water partition coefficient (Wildman–Crippen LogP) is -0.725. The Labute approximate surface area is 77.8 Å². The topological polar surface area (TPSA) is 67.4 Å². The molecule has 0 heterocycles. The van der Waals surface area contributed by atoms with Crippen molar-refractivity contribution in [1.82, 2.24) is 10.6 Å². The lowest BCUT2D eigenvalue weighted by atomic mass is 10.4. The van der Waals surface area contributed by atoms with Gasteiger partial charge in [0.05, 0.1) is 13.2 Å².